The van der Waals surface area contributed by atoms with Gasteiger partial charge in [-0.3, -0.25) is 4.79 Å². The summed E-state index contributed by atoms with van der Waals surface area (Å²) in [5.41, 5.74) is 4.74. The molecule has 1 aliphatic rings. The van der Waals surface area contributed by atoms with Gasteiger partial charge in [0, 0.05) is 12.0 Å². The molecule has 0 bridgehead atoms. The molecule has 3 aromatic carbocycles. The molecule has 0 saturated carbocycles. The van der Waals surface area contributed by atoms with E-state index in [1.54, 1.807) is 26.0 Å². The minimum absolute atomic E-state index is 0.000183. The number of ether oxygens (including phenoxy) is 1. The van der Waals surface area contributed by atoms with E-state index in [1.165, 1.54) is 12.1 Å². The molecular formula is C27H26N2O5. The Morgan fingerprint density at radius 3 is 2.06 bits per heavy atom. The number of para-hydroxylation sites is 1. The number of rotatable bonds is 7. The van der Waals surface area contributed by atoms with Gasteiger partial charge < -0.3 is 20.5 Å². The van der Waals surface area contributed by atoms with Gasteiger partial charge >= 0.3 is 12.1 Å². The van der Waals surface area contributed by atoms with Crippen molar-refractivity contribution in [2.45, 2.75) is 25.8 Å². The van der Waals surface area contributed by atoms with Gasteiger partial charge in [0.25, 0.3) is 0 Å². The molecule has 174 valence electrons. The fourth-order valence-corrected chi connectivity index (χ4v) is 4.20. The highest BCUT2D eigenvalue weighted by Crippen LogP contribution is 2.44. The largest absolute Gasteiger partial charge is 0.478 e. The third kappa shape index (κ3) is 4.64. The van der Waals surface area contributed by atoms with Crippen molar-refractivity contribution in [3.05, 3.63) is 89.5 Å². The van der Waals surface area contributed by atoms with E-state index in [0.29, 0.717) is 0 Å². The number of anilines is 1. The van der Waals surface area contributed by atoms with Gasteiger partial charge in [0.1, 0.15) is 6.61 Å². The molecule has 2 unspecified atom stereocenters. The number of carbonyl (C=O) groups excluding carboxylic acids is 2. The lowest BCUT2D eigenvalue weighted by atomic mass is 9.98. The lowest BCUT2D eigenvalue weighted by Crippen LogP contribution is -2.42. The first-order chi connectivity index (χ1) is 16.4. The summed E-state index contributed by atoms with van der Waals surface area (Å²) in [6.07, 6.45) is -0.611. The second-order valence-electron chi connectivity index (χ2n) is 8.39. The molecule has 3 aromatic rings. The Kier molecular flexibility index (Phi) is 6.63. The Bertz CT molecular complexity index is 1190. The van der Waals surface area contributed by atoms with Crippen molar-refractivity contribution in [2.24, 2.45) is 5.92 Å². The van der Waals surface area contributed by atoms with Gasteiger partial charge in [-0.05, 0) is 41.3 Å². The van der Waals surface area contributed by atoms with Crippen LogP contribution < -0.4 is 10.6 Å². The van der Waals surface area contributed by atoms with E-state index in [9.17, 15) is 19.5 Å². The van der Waals surface area contributed by atoms with Crippen LogP contribution in [0, 0.1) is 5.92 Å². The predicted molar refractivity (Wildman–Crippen MR) is 129 cm³/mol. The molecule has 0 radical (unpaired) electrons. The van der Waals surface area contributed by atoms with Gasteiger partial charge in [-0.25, -0.2) is 9.59 Å². The van der Waals surface area contributed by atoms with Gasteiger partial charge in [-0.15, -0.1) is 0 Å². The number of hydrogen-bond donors (Lipinski definition) is 3. The van der Waals surface area contributed by atoms with Crippen LogP contribution in [-0.4, -0.2) is 35.7 Å². The molecule has 0 saturated heterocycles. The van der Waals surface area contributed by atoms with Crippen LogP contribution in [0.4, 0.5) is 10.5 Å². The zero-order valence-corrected chi connectivity index (χ0v) is 18.9. The van der Waals surface area contributed by atoms with E-state index in [1.807, 2.05) is 36.4 Å². The van der Waals surface area contributed by atoms with Gasteiger partial charge in [-0.2, -0.15) is 0 Å². The van der Waals surface area contributed by atoms with E-state index in [4.69, 9.17) is 4.74 Å². The molecular weight excluding hydrogens is 432 g/mol. The molecule has 1 aliphatic carbocycles. The molecule has 4 rings (SSSR count). The number of carbonyl (C=O) groups is 3. The summed E-state index contributed by atoms with van der Waals surface area (Å²) in [4.78, 5) is 36.5. The number of benzene rings is 3. The predicted octanol–water partition coefficient (Wildman–Crippen LogP) is 4.89. The molecule has 2 amide bonds. The first-order valence-corrected chi connectivity index (χ1v) is 11.1. The Labute approximate surface area is 197 Å². The monoisotopic (exact) mass is 458 g/mol. The summed E-state index contributed by atoms with van der Waals surface area (Å²) in [5, 5.41) is 14.6. The smallest absolute Gasteiger partial charge is 0.407 e. The van der Waals surface area contributed by atoms with Crippen molar-refractivity contribution in [2.75, 3.05) is 11.9 Å². The maximum atomic E-state index is 12.7. The zero-order valence-electron chi connectivity index (χ0n) is 18.9. The molecule has 2 atom stereocenters. The number of carboxylic acids is 1. The number of hydrogen-bond acceptors (Lipinski definition) is 4. The van der Waals surface area contributed by atoms with Crippen LogP contribution in [0.25, 0.3) is 11.1 Å². The van der Waals surface area contributed by atoms with Crippen LogP contribution in [0.5, 0.6) is 0 Å². The Hall–Kier alpha value is -4.13. The van der Waals surface area contributed by atoms with Gasteiger partial charge in [0.2, 0.25) is 5.91 Å². The SMILES string of the molecule is CC(NC(=O)OCC1c2ccccc2-c2ccccc21)C(C)C(=O)Nc1ccccc1C(=O)O. The molecule has 7 nitrogen and oxygen atoms in total. The summed E-state index contributed by atoms with van der Waals surface area (Å²) >= 11 is 0. The molecule has 0 aliphatic heterocycles. The highest BCUT2D eigenvalue weighted by molar-refractivity contribution is 6.01. The van der Waals surface area contributed by atoms with Crippen molar-refractivity contribution in [1.29, 1.82) is 0 Å². The van der Waals surface area contributed by atoms with Crippen molar-refractivity contribution < 1.29 is 24.2 Å². The van der Waals surface area contributed by atoms with Crippen LogP contribution in [0.1, 0.15) is 41.3 Å². The Morgan fingerprint density at radius 2 is 1.44 bits per heavy atom. The fraction of sp³-hybridized carbons (Fsp3) is 0.222. The fourth-order valence-electron chi connectivity index (χ4n) is 4.20. The third-order valence-electron chi connectivity index (χ3n) is 6.27. The molecule has 7 heteroatoms. The molecule has 3 N–H and O–H groups in total. The summed E-state index contributed by atoms with van der Waals surface area (Å²) in [6.45, 7) is 3.54. The van der Waals surface area contributed by atoms with Crippen LogP contribution in [-0.2, 0) is 9.53 Å². The number of alkyl carbamates (subject to hydrolysis) is 1. The number of nitrogens with one attached hydrogen (secondary N) is 2. The number of carboxylic acid groups (broad SMARTS) is 1. The summed E-state index contributed by atoms with van der Waals surface area (Å²) in [6, 6.07) is 21.8. The average molecular weight is 459 g/mol. The van der Waals surface area contributed by atoms with E-state index in [-0.39, 0.29) is 23.8 Å². The maximum absolute atomic E-state index is 12.7. The quantitative estimate of drug-likeness (QED) is 0.468. The van der Waals surface area contributed by atoms with Crippen LogP contribution in [0.2, 0.25) is 0 Å². The highest BCUT2D eigenvalue weighted by Gasteiger charge is 2.30. The summed E-state index contributed by atoms with van der Waals surface area (Å²) in [5.74, 6) is -2.21. The third-order valence-corrected chi connectivity index (χ3v) is 6.27. The van der Waals surface area contributed by atoms with Crippen LogP contribution in [0.15, 0.2) is 72.8 Å². The van der Waals surface area contributed by atoms with Crippen molar-refractivity contribution in [3.63, 3.8) is 0 Å². The topological polar surface area (TPSA) is 105 Å². The number of aromatic carboxylic acids is 1. The van der Waals surface area contributed by atoms with E-state index < -0.39 is 29.9 Å². The van der Waals surface area contributed by atoms with Gasteiger partial charge in [-0.1, -0.05) is 67.6 Å². The van der Waals surface area contributed by atoms with E-state index >= 15 is 0 Å². The van der Waals surface area contributed by atoms with E-state index in [0.717, 1.165) is 22.3 Å². The second kappa shape index (κ2) is 9.79. The first kappa shape index (κ1) is 23.0. The van der Waals surface area contributed by atoms with Crippen molar-refractivity contribution >= 4 is 23.7 Å². The summed E-state index contributed by atoms with van der Waals surface area (Å²) in [7, 11) is 0. The lowest BCUT2D eigenvalue weighted by molar-refractivity contribution is -0.120. The Morgan fingerprint density at radius 1 is 0.882 bits per heavy atom. The molecule has 0 spiro atoms. The van der Waals surface area contributed by atoms with Crippen molar-refractivity contribution in [1.82, 2.24) is 5.32 Å². The second-order valence-corrected chi connectivity index (χ2v) is 8.39. The Balaban J connectivity index is 1.35. The standard InChI is InChI=1S/C27H26N2O5/c1-16(25(30)29-24-14-8-7-13-22(24)26(31)32)17(2)28-27(33)34-15-23-20-11-5-3-9-18(20)19-10-4-6-12-21(19)23/h3-14,16-17,23H,15H2,1-2H3,(H,28,33)(H,29,30)(H,31,32). The lowest BCUT2D eigenvalue weighted by Gasteiger charge is -2.22. The van der Waals surface area contributed by atoms with E-state index in [2.05, 4.69) is 22.8 Å². The highest BCUT2D eigenvalue weighted by atomic mass is 16.5. The number of amides is 2. The zero-order chi connectivity index (χ0) is 24.2. The first-order valence-electron chi connectivity index (χ1n) is 11.1. The van der Waals surface area contributed by atoms with Gasteiger partial charge in [0.05, 0.1) is 17.2 Å². The minimum atomic E-state index is -1.13. The molecule has 0 aromatic heterocycles. The van der Waals surface area contributed by atoms with Gasteiger partial charge in [0.15, 0.2) is 0 Å². The molecule has 0 fully saturated rings. The summed E-state index contributed by atoms with van der Waals surface area (Å²) < 4.78 is 5.55. The van der Waals surface area contributed by atoms with Crippen molar-refractivity contribution in [3.8, 4) is 11.1 Å². The maximum Gasteiger partial charge on any atom is 0.407 e. The average Bonchev–Trinajstić information content (AvgIpc) is 3.16. The normalized spacial score (nSPS) is 13.8. The molecule has 34 heavy (non-hydrogen) atoms. The van der Waals surface area contributed by atoms with Crippen LogP contribution in [0.3, 0.4) is 0 Å². The molecule has 0 heterocycles. The minimum Gasteiger partial charge on any atom is -0.478 e. The number of fused-ring (bicyclic) bond motifs is 3. The van der Waals surface area contributed by atoms with Crippen LogP contribution >= 0.6 is 0 Å².